The summed E-state index contributed by atoms with van der Waals surface area (Å²) < 4.78 is 0. The molecular formula is C18H24O2. The van der Waals surface area contributed by atoms with Gasteiger partial charge in [-0.2, -0.15) is 0 Å². The van der Waals surface area contributed by atoms with Crippen molar-refractivity contribution >= 4 is 5.57 Å². The summed E-state index contributed by atoms with van der Waals surface area (Å²) in [6.07, 6.45) is 6.53. The van der Waals surface area contributed by atoms with Gasteiger partial charge in [0, 0.05) is 6.61 Å². The number of phenols is 1. The Kier molecular flexibility index (Phi) is 3.37. The second-order valence-corrected chi connectivity index (χ2v) is 6.96. The number of allylic oxidation sites excluding steroid dienone is 2. The van der Waals surface area contributed by atoms with Crippen molar-refractivity contribution < 1.29 is 10.2 Å². The fourth-order valence-electron chi connectivity index (χ4n) is 4.21. The summed E-state index contributed by atoms with van der Waals surface area (Å²) in [6, 6.07) is 5.77. The van der Waals surface area contributed by atoms with E-state index >= 15 is 0 Å². The van der Waals surface area contributed by atoms with Crippen molar-refractivity contribution in [1.29, 1.82) is 0 Å². The normalized spacial score (nSPS) is 27.4. The van der Waals surface area contributed by atoms with Crippen LogP contribution in [0.5, 0.6) is 5.75 Å². The number of aryl methyl sites for hydroxylation is 1. The molecule has 20 heavy (non-hydrogen) atoms. The zero-order valence-corrected chi connectivity index (χ0v) is 12.4. The van der Waals surface area contributed by atoms with Crippen LogP contribution >= 0.6 is 0 Å². The zero-order chi connectivity index (χ0) is 14.3. The molecule has 0 aromatic heterocycles. The van der Waals surface area contributed by atoms with E-state index in [2.05, 4.69) is 26.0 Å². The molecule has 2 N–H and O–H groups in total. The van der Waals surface area contributed by atoms with Gasteiger partial charge in [0.2, 0.25) is 0 Å². The average Bonchev–Trinajstić information content (AvgIpc) is 2.41. The van der Waals surface area contributed by atoms with Crippen LogP contribution in [0, 0.1) is 17.3 Å². The summed E-state index contributed by atoms with van der Waals surface area (Å²) in [5.41, 5.74) is 4.31. The van der Waals surface area contributed by atoms with E-state index in [9.17, 15) is 10.2 Å². The third-order valence-corrected chi connectivity index (χ3v) is 5.30. The van der Waals surface area contributed by atoms with E-state index in [0.29, 0.717) is 17.6 Å². The monoisotopic (exact) mass is 272 g/mol. The van der Waals surface area contributed by atoms with Gasteiger partial charge >= 0.3 is 0 Å². The maximum Gasteiger partial charge on any atom is 0.115 e. The fourth-order valence-corrected chi connectivity index (χ4v) is 4.21. The first-order chi connectivity index (χ1) is 9.53. The van der Waals surface area contributed by atoms with Gasteiger partial charge < -0.3 is 10.2 Å². The highest BCUT2D eigenvalue weighted by Crippen LogP contribution is 2.52. The lowest BCUT2D eigenvalue weighted by Gasteiger charge is -2.46. The highest BCUT2D eigenvalue weighted by molar-refractivity contribution is 5.73. The van der Waals surface area contributed by atoms with Crippen molar-refractivity contribution in [3.05, 3.63) is 35.4 Å². The van der Waals surface area contributed by atoms with Crippen LogP contribution in [0.1, 0.15) is 44.2 Å². The maximum absolute atomic E-state index is 9.65. The van der Waals surface area contributed by atoms with E-state index in [1.54, 1.807) is 6.07 Å². The molecule has 108 valence electrons. The molecule has 2 atom stereocenters. The summed E-state index contributed by atoms with van der Waals surface area (Å²) >= 11 is 0. The second-order valence-electron chi connectivity index (χ2n) is 6.96. The first-order valence-corrected chi connectivity index (χ1v) is 7.66. The number of rotatable bonds is 2. The van der Waals surface area contributed by atoms with Crippen LogP contribution in [-0.2, 0) is 6.42 Å². The van der Waals surface area contributed by atoms with Crippen LogP contribution < -0.4 is 0 Å². The first kappa shape index (κ1) is 13.7. The third-order valence-electron chi connectivity index (χ3n) is 5.30. The van der Waals surface area contributed by atoms with E-state index in [1.807, 2.05) is 6.07 Å². The predicted octanol–water partition coefficient (Wildman–Crippen LogP) is 3.77. The number of fused-ring (bicyclic) bond motifs is 3. The summed E-state index contributed by atoms with van der Waals surface area (Å²) in [5.74, 6) is 1.48. The molecule has 3 rings (SSSR count). The fraction of sp³-hybridized carbons (Fsp3) is 0.556. The standard InChI is InChI=1S/C18H24O2/c1-18(2)9-7-15-14-6-4-13(20)11-12(14)3-5-16(15)17(18)8-10-19/h4,6-7,11,16-17,19-20H,3,5,8-10H2,1-2H3/t16?,17-/m0/s1. The average molecular weight is 272 g/mol. The number of phenolic OH excluding ortho intramolecular Hbond substituents is 1. The number of aliphatic hydroxyl groups is 1. The Morgan fingerprint density at radius 1 is 1.30 bits per heavy atom. The van der Waals surface area contributed by atoms with Crippen LogP contribution in [-0.4, -0.2) is 16.8 Å². The van der Waals surface area contributed by atoms with Crippen LogP contribution in [0.15, 0.2) is 24.3 Å². The van der Waals surface area contributed by atoms with Gasteiger partial charge in [0.05, 0.1) is 0 Å². The Morgan fingerprint density at radius 3 is 2.85 bits per heavy atom. The molecule has 1 unspecified atom stereocenters. The molecule has 2 heteroatoms. The summed E-state index contributed by atoms with van der Waals surface area (Å²) in [7, 11) is 0. The van der Waals surface area contributed by atoms with E-state index < -0.39 is 0 Å². The molecule has 0 amide bonds. The van der Waals surface area contributed by atoms with Crippen molar-refractivity contribution in [3.63, 3.8) is 0 Å². The van der Waals surface area contributed by atoms with Crippen molar-refractivity contribution in [2.45, 2.75) is 39.5 Å². The molecule has 0 saturated heterocycles. The maximum atomic E-state index is 9.65. The smallest absolute Gasteiger partial charge is 0.115 e. The number of hydrogen-bond donors (Lipinski definition) is 2. The van der Waals surface area contributed by atoms with Crippen molar-refractivity contribution in [2.75, 3.05) is 6.61 Å². The number of aliphatic hydroxyl groups excluding tert-OH is 1. The minimum atomic E-state index is 0.269. The van der Waals surface area contributed by atoms with Crippen molar-refractivity contribution in [2.24, 2.45) is 17.3 Å². The lowest BCUT2D eigenvalue weighted by atomic mass is 9.59. The SMILES string of the molecule is CC1(C)CC=C2c3ccc(O)cc3CCC2[C@@H]1CCO. The highest BCUT2D eigenvalue weighted by atomic mass is 16.3. The Bertz CT molecular complexity index is 542. The van der Waals surface area contributed by atoms with Gasteiger partial charge in [0.25, 0.3) is 0 Å². The van der Waals surface area contributed by atoms with Gasteiger partial charge in [-0.05, 0) is 71.8 Å². The number of benzene rings is 1. The Morgan fingerprint density at radius 2 is 2.10 bits per heavy atom. The summed E-state index contributed by atoms with van der Waals surface area (Å²) in [6.45, 7) is 4.93. The summed E-state index contributed by atoms with van der Waals surface area (Å²) in [4.78, 5) is 0. The van der Waals surface area contributed by atoms with Crippen LogP contribution in [0.3, 0.4) is 0 Å². The molecule has 2 aliphatic rings. The Hall–Kier alpha value is -1.28. The molecule has 1 aromatic carbocycles. The van der Waals surface area contributed by atoms with Crippen LogP contribution in [0.4, 0.5) is 0 Å². The molecule has 1 aromatic rings. The van der Waals surface area contributed by atoms with E-state index in [4.69, 9.17) is 0 Å². The van der Waals surface area contributed by atoms with E-state index in [-0.39, 0.29) is 12.0 Å². The molecule has 2 aliphatic carbocycles. The van der Waals surface area contributed by atoms with Gasteiger partial charge in [-0.3, -0.25) is 0 Å². The summed E-state index contributed by atoms with van der Waals surface area (Å²) in [5, 5.41) is 19.1. The zero-order valence-electron chi connectivity index (χ0n) is 12.4. The molecule has 0 aliphatic heterocycles. The van der Waals surface area contributed by atoms with Crippen LogP contribution in [0.2, 0.25) is 0 Å². The minimum Gasteiger partial charge on any atom is -0.508 e. The van der Waals surface area contributed by atoms with Gasteiger partial charge in [-0.1, -0.05) is 26.0 Å². The molecule has 2 nitrogen and oxygen atoms in total. The topological polar surface area (TPSA) is 40.5 Å². The van der Waals surface area contributed by atoms with Gasteiger partial charge in [0.15, 0.2) is 0 Å². The lowest BCUT2D eigenvalue weighted by molar-refractivity contribution is 0.112. The van der Waals surface area contributed by atoms with Gasteiger partial charge in [0.1, 0.15) is 5.75 Å². The molecular weight excluding hydrogens is 248 g/mol. The minimum absolute atomic E-state index is 0.269. The molecule has 0 fully saturated rings. The quantitative estimate of drug-likeness (QED) is 0.860. The lowest BCUT2D eigenvalue weighted by Crippen LogP contribution is -2.36. The molecule has 0 heterocycles. The molecule has 0 saturated carbocycles. The molecule has 0 radical (unpaired) electrons. The van der Waals surface area contributed by atoms with Crippen molar-refractivity contribution in [1.82, 2.24) is 0 Å². The van der Waals surface area contributed by atoms with E-state index in [0.717, 1.165) is 25.7 Å². The number of aromatic hydroxyl groups is 1. The second kappa shape index (κ2) is 4.92. The van der Waals surface area contributed by atoms with Gasteiger partial charge in [-0.25, -0.2) is 0 Å². The third kappa shape index (κ3) is 2.16. The van der Waals surface area contributed by atoms with Crippen molar-refractivity contribution in [3.8, 4) is 5.75 Å². The Balaban J connectivity index is 2.02. The Labute approximate surface area is 121 Å². The van der Waals surface area contributed by atoms with E-state index in [1.165, 1.54) is 16.7 Å². The predicted molar refractivity (Wildman–Crippen MR) is 81.5 cm³/mol. The molecule has 0 spiro atoms. The molecule has 0 bridgehead atoms. The number of hydrogen-bond acceptors (Lipinski definition) is 2. The largest absolute Gasteiger partial charge is 0.508 e. The highest BCUT2D eigenvalue weighted by Gasteiger charge is 2.41. The first-order valence-electron chi connectivity index (χ1n) is 7.66. The van der Waals surface area contributed by atoms with Gasteiger partial charge in [-0.15, -0.1) is 0 Å². The van der Waals surface area contributed by atoms with Crippen LogP contribution in [0.25, 0.3) is 5.57 Å².